The van der Waals surface area contributed by atoms with Crippen LogP contribution in [0.4, 0.5) is 10.2 Å². The van der Waals surface area contributed by atoms with E-state index in [4.69, 9.17) is 0 Å². The first kappa shape index (κ1) is 24.5. The van der Waals surface area contributed by atoms with E-state index in [0.717, 1.165) is 44.1 Å². The second-order valence-electron chi connectivity index (χ2n) is 8.88. The Labute approximate surface area is 218 Å². The number of nitrogens with one attached hydrogen (secondary N) is 1. The van der Waals surface area contributed by atoms with Crippen LogP contribution < -0.4 is 5.32 Å². The Balaban J connectivity index is 1.37. The van der Waals surface area contributed by atoms with Gasteiger partial charge in [0.25, 0.3) is 0 Å². The maximum atomic E-state index is 14.7. The number of hydrogen-bond acceptors (Lipinski definition) is 6. The molecule has 0 radical (unpaired) electrons. The number of nitrogens with zero attached hydrogens (tertiary/aromatic N) is 4. The fraction of sp³-hybridized carbons (Fsp3) is 0.172. The number of aryl methyl sites for hydroxylation is 1. The van der Waals surface area contributed by atoms with Crippen molar-refractivity contribution in [2.75, 3.05) is 12.4 Å². The molecule has 6 nitrogen and oxygen atoms in total. The van der Waals surface area contributed by atoms with Crippen LogP contribution in [0.2, 0.25) is 0 Å². The minimum atomic E-state index is -0.345. The fourth-order valence-corrected chi connectivity index (χ4v) is 4.77. The number of likely N-dealkylation sites (N-methyl/N-ethyl adjacent to an activating group) is 1. The average molecular weight is 512 g/mol. The molecule has 0 saturated heterocycles. The van der Waals surface area contributed by atoms with Gasteiger partial charge >= 0.3 is 0 Å². The molecule has 0 aliphatic heterocycles. The van der Waals surface area contributed by atoms with Crippen molar-refractivity contribution < 1.29 is 9.18 Å². The highest BCUT2D eigenvalue weighted by Crippen LogP contribution is 2.29. The molecule has 3 aromatic carbocycles. The van der Waals surface area contributed by atoms with E-state index in [1.807, 2.05) is 48.7 Å². The molecular weight excluding hydrogens is 485 g/mol. The number of fused-ring (bicyclic) bond motifs is 1. The van der Waals surface area contributed by atoms with Crippen LogP contribution in [-0.2, 0) is 24.3 Å². The van der Waals surface area contributed by atoms with Gasteiger partial charge in [0.05, 0.1) is 22.6 Å². The van der Waals surface area contributed by atoms with Crippen molar-refractivity contribution in [2.24, 2.45) is 0 Å². The monoisotopic (exact) mass is 511 g/mol. The summed E-state index contributed by atoms with van der Waals surface area (Å²) in [6.45, 7) is 2.71. The van der Waals surface area contributed by atoms with Crippen LogP contribution in [0.25, 0.3) is 22.0 Å². The minimum Gasteiger partial charge on any atom is -0.365 e. The van der Waals surface area contributed by atoms with Gasteiger partial charge in [0, 0.05) is 36.5 Å². The van der Waals surface area contributed by atoms with Gasteiger partial charge in [0.1, 0.15) is 18.0 Å². The smallest absolute Gasteiger partial charge is 0.228 e. The van der Waals surface area contributed by atoms with E-state index in [0.29, 0.717) is 12.1 Å². The zero-order chi connectivity index (χ0) is 25.8. The number of thiazole rings is 1. The number of aromatic nitrogens is 3. The van der Waals surface area contributed by atoms with E-state index in [1.165, 1.54) is 22.3 Å². The summed E-state index contributed by atoms with van der Waals surface area (Å²) in [5.74, 6) is 0.287. The van der Waals surface area contributed by atoms with Gasteiger partial charge in [-0.3, -0.25) is 4.79 Å². The van der Waals surface area contributed by atoms with Gasteiger partial charge in [0.15, 0.2) is 0 Å². The third-order valence-corrected chi connectivity index (χ3v) is 6.97. The Kier molecular flexibility index (Phi) is 7.18. The molecular formula is C29H26FN5OS. The highest BCUT2D eigenvalue weighted by Gasteiger charge is 2.15. The predicted molar refractivity (Wildman–Crippen MR) is 146 cm³/mol. The van der Waals surface area contributed by atoms with Crippen LogP contribution in [0.1, 0.15) is 21.8 Å². The van der Waals surface area contributed by atoms with Crippen molar-refractivity contribution in [2.45, 2.75) is 26.4 Å². The zero-order valence-corrected chi connectivity index (χ0v) is 21.4. The summed E-state index contributed by atoms with van der Waals surface area (Å²) in [6, 6.07) is 21.0. The largest absolute Gasteiger partial charge is 0.365 e. The Bertz CT molecular complexity index is 1550. The lowest BCUT2D eigenvalue weighted by molar-refractivity contribution is -0.129. The molecule has 0 aliphatic carbocycles. The average Bonchev–Trinajstić information content (AvgIpc) is 3.33. The van der Waals surface area contributed by atoms with E-state index in [2.05, 4.69) is 32.4 Å². The van der Waals surface area contributed by atoms with Gasteiger partial charge in [-0.2, -0.15) is 0 Å². The second kappa shape index (κ2) is 10.8. The normalized spacial score (nSPS) is 11.0. The van der Waals surface area contributed by atoms with Gasteiger partial charge in [-0.1, -0.05) is 42.5 Å². The van der Waals surface area contributed by atoms with Crippen LogP contribution in [0.5, 0.6) is 0 Å². The molecule has 1 amide bonds. The van der Waals surface area contributed by atoms with E-state index < -0.39 is 0 Å². The maximum Gasteiger partial charge on any atom is 0.228 e. The van der Waals surface area contributed by atoms with E-state index >= 15 is 0 Å². The van der Waals surface area contributed by atoms with Crippen molar-refractivity contribution >= 4 is 34.0 Å². The van der Waals surface area contributed by atoms with Gasteiger partial charge in [-0.15, -0.1) is 11.3 Å². The molecule has 0 unspecified atom stereocenters. The van der Waals surface area contributed by atoms with Gasteiger partial charge in [-0.25, -0.2) is 19.3 Å². The second-order valence-corrected chi connectivity index (χ2v) is 9.95. The highest BCUT2D eigenvalue weighted by molar-refractivity contribution is 7.09. The molecule has 0 fully saturated rings. The first-order chi connectivity index (χ1) is 18.0. The zero-order valence-electron chi connectivity index (χ0n) is 20.6. The van der Waals surface area contributed by atoms with E-state index in [1.54, 1.807) is 25.5 Å². The quantitative estimate of drug-likeness (QED) is 0.276. The number of amides is 1. The number of carbonyl (C=O) groups is 1. The Morgan fingerprint density at radius 2 is 1.81 bits per heavy atom. The summed E-state index contributed by atoms with van der Waals surface area (Å²) >= 11 is 1.51. The van der Waals surface area contributed by atoms with Crippen molar-refractivity contribution in [3.63, 3.8) is 0 Å². The molecule has 0 aliphatic rings. The maximum absolute atomic E-state index is 14.7. The standard InChI is InChI=1S/C29H26FN5OS/c1-19-34-24(17-37-19)14-28(36)35(2)16-23-12-21(8-10-26(23)30)22-9-11-27-25(13-22)29(33-18-32-27)31-15-20-6-4-3-5-7-20/h3-13,17-18H,14-16H2,1-2H3,(H,31,32,33). The van der Waals surface area contributed by atoms with Gasteiger partial charge in [-0.05, 0) is 47.9 Å². The van der Waals surface area contributed by atoms with Crippen LogP contribution in [0, 0.1) is 12.7 Å². The van der Waals surface area contributed by atoms with E-state index in [-0.39, 0.29) is 24.7 Å². The lowest BCUT2D eigenvalue weighted by atomic mass is 10.0. The number of rotatable bonds is 8. The van der Waals surface area contributed by atoms with Crippen molar-refractivity contribution in [3.8, 4) is 11.1 Å². The first-order valence-electron chi connectivity index (χ1n) is 11.9. The first-order valence-corrected chi connectivity index (χ1v) is 12.8. The molecule has 0 bridgehead atoms. The Morgan fingerprint density at radius 1 is 1.03 bits per heavy atom. The number of benzene rings is 3. The molecule has 0 saturated carbocycles. The van der Waals surface area contributed by atoms with Crippen molar-refractivity contribution in [1.82, 2.24) is 19.9 Å². The van der Waals surface area contributed by atoms with Crippen LogP contribution in [0.15, 0.2) is 78.4 Å². The molecule has 37 heavy (non-hydrogen) atoms. The SMILES string of the molecule is Cc1nc(CC(=O)N(C)Cc2cc(-c3ccc4ncnc(NCc5ccccc5)c4c3)ccc2F)cs1. The molecule has 0 atom stereocenters. The third-order valence-electron chi connectivity index (χ3n) is 6.15. The fourth-order valence-electron chi connectivity index (χ4n) is 4.16. The van der Waals surface area contributed by atoms with E-state index in [9.17, 15) is 9.18 Å². The van der Waals surface area contributed by atoms with Crippen LogP contribution in [0.3, 0.4) is 0 Å². The van der Waals surface area contributed by atoms with Crippen LogP contribution in [-0.4, -0.2) is 32.8 Å². The third kappa shape index (κ3) is 5.81. The molecule has 5 rings (SSSR count). The molecule has 1 N–H and O–H groups in total. The molecule has 2 aromatic heterocycles. The number of anilines is 1. The molecule has 0 spiro atoms. The number of halogens is 1. The summed E-state index contributed by atoms with van der Waals surface area (Å²) in [6.07, 6.45) is 1.75. The summed E-state index contributed by atoms with van der Waals surface area (Å²) in [5.41, 5.74) is 4.93. The predicted octanol–water partition coefficient (Wildman–Crippen LogP) is 6.01. The molecule has 186 valence electrons. The summed E-state index contributed by atoms with van der Waals surface area (Å²) in [4.78, 5) is 27.4. The summed E-state index contributed by atoms with van der Waals surface area (Å²) in [7, 11) is 1.69. The molecule has 2 heterocycles. The highest BCUT2D eigenvalue weighted by atomic mass is 32.1. The lowest BCUT2D eigenvalue weighted by Gasteiger charge is -2.18. The number of hydrogen-bond donors (Lipinski definition) is 1. The Hall–Kier alpha value is -4.17. The number of carbonyl (C=O) groups excluding carboxylic acids is 1. The summed E-state index contributed by atoms with van der Waals surface area (Å²) in [5, 5.41) is 7.09. The van der Waals surface area contributed by atoms with Gasteiger partial charge in [0.2, 0.25) is 5.91 Å². The molecule has 5 aromatic rings. The van der Waals surface area contributed by atoms with Crippen molar-refractivity contribution in [3.05, 3.63) is 106 Å². The van der Waals surface area contributed by atoms with Gasteiger partial charge < -0.3 is 10.2 Å². The van der Waals surface area contributed by atoms with Crippen molar-refractivity contribution in [1.29, 1.82) is 0 Å². The lowest BCUT2D eigenvalue weighted by Crippen LogP contribution is -2.28. The molecule has 8 heteroatoms. The summed E-state index contributed by atoms with van der Waals surface area (Å²) < 4.78 is 14.7. The minimum absolute atomic E-state index is 0.105. The van der Waals surface area contributed by atoms with Crippen LogP contribution >= 0.6 is 11.3 Å². The Morgan fingerprint density at radius 3 is 2.59 bits per heavy atom. The topological polar surface area (TPSA) is 71.0 Å².